The number of fused-ring (bicyclic) bond motifs is 1. The molecule has 1 aliphatic rings. The molecule has 0 radical (unpaired) electrons. The van der Waals surface area contributed by atoms with Gasteiger partial charge in [-0.25, -0.2) is 0 Å². The van der Waals surface area contributed by atoms with E-state index in [1.165, 1.54) is 12.1 Å². The van der Waals surface area contributed by atoms with Gasteiger partial charge in [-0.05, 0) is 24.6 Å². The predicted molar refractivity (Wildman–Crippen MR) is 90.4 cm³/mol. The van der Waals surface area contributed by atoms with Crippen LogP contribution in [0.4, 0.5) is 13.2 Å². The van der Waals surface area contributed by atoms with E-state index in [0.717, 1.165) is 12.3 Å². The number of Topliss-reactive ketones (excluding diaryl/α,β-unsaturated/α-hetero) is 2. The first kappa shape index (κ1) is 18.3. The Labute approximate surface area is 152 Å². The summed E-state index contributed by atoms with van der Waals surface area (Å²) in [5, 5.41) is 0.207. The molecule has 1 aromatic heterocycles. The van der Waals surface area contributed by atoms with E-state index in [1.54, 1.807) is 19.1 Å². The largest absolute Gasteiger partial charge is 0.417 e. The normalized spacial score (nSPS) is 14.7. The minimum Gasteiger partial charge on any atom is -0.289 e. The van der Waals surface area contributed by atoms with Crippen LogP contribution in [0.15, 0.2) is 47.7 Å². The lowest BCUT2D eigenvalue weighted by molar-refractivity contribution is -0.137. The first-order valence-electron chi connectivity index (χ1n) is 7.86. The maximum absolute atomic E-state index is 12.8. The number of ketones is 2. The van der Waals surface area contributed by atoms with Crippen molar-refractivity contribution in [2.45, 2.75) is 25.9 Å². The third-order valence-electron chi connectivity index (χ3n) is 4.26. The third kappa shape index (κ3) is 3.17. The van der Waals surface area contributed by atoms with Gasteiger partial charge in [0.2, 0.25) is 0 Å². The number of carbonyl (C=O) groups is 2. The fourth-order valence-corrected chi connectivity index (χ4v) is 3.23. The summed E-state index contributed by atoms with van der Waals surface area (Å²) < 4.78 is 38.0. The zero-order chi connectivity index (χ0) is 19.1. The monoisotopic (exact) mass is 379 g/mol. The smallest absolute Gasteiger partial charge is 0.289 e. The van der Waals surface area contributed by atoms with Crippen LogP contribution in [0, 0.1) is 0 Å². The minimum absolute atomic E-state index is 0.0160. The molecule has 1 aromatic carbocycles. The van der Waals surface area contributed by atoms with Crippen LogP contribution in [0.3, 0.4) is 0 Å². The van der Waals surface area contributed by atoms with Crippen molar-refractivity contribution in [2.75, 3.05) is 0 Å². The van der Waals surface area contributed by atoms with Gasteiger partial charge in [0.1, 0.15) is 0 Å². The molecular formula is C19H13ClF3NO2. The van der Waals surface area contributed by atoms with Crippen LogP contribution in [0.2, 0.25) is 5.02 Å². The highest BCUT2D eigenvalue weighted by molar-refractivity contribution is 6.38. The number of nitrogens with zero attached hydrogens (tertiary/aromatic N) is 1. The van der Waals surface area contributed by atoms with E-state index >= 15 is 0 Å². The number of rotatable bonds is 3. The lowest BCUT2D eigenvalue weighted by Gasteiger charge is -2.21. The van der Waals surface area contributed by atoms with Gasteiger partial charge in [0.05, 0.1) is 16.1 Å². The number of pyridine rings is 1. The Morgan fingerprint density at radius 3 is 2.35 bits per heavy atom. The lowest BCUT2D eigenvalue weighted by atomic mass is 9.81. The predicted octanol–water partition coefficient (Wildman–Crippen LogP) is 5.08. The van der Waals surface area contributed by atoms with Crippen molar-refractivity contribution in [1.29, 1.82) is 0 Å². The van der Waals surface area contributed by atoms with Gasteiger partial charge in [0.15, 0.2) is 11.6 Å². The molecule has 0 atom stereocenters. The Balaban J connectivity index is 2.01. The second-order valence-corrected chi connectivity index (χ2v) is 6.25. The third-order valence-corrected chi connectivity index (χ3v) is 4.58. The highest BCUT2D eigenvalue weighted by Gasteiger charge is 2.33. The molecule has 0 saturated heterocycles. The summed E-state index contributed by atoms with van der Waals surface area (Å²) in [5.74, 6) is -0.671. The summed E-state index contributed by atoms with van der Waals surface area (Å²) >= 11 is 6.08. The van der Waals surface area contributed by atoms with E-state index in [2.05, 4.69) is 4.98 Å². The summed E-state index contributed by atoms with van der Waals surface area (Å²) in [5.41, 5.74) is 0.373. The van der Waals surface area contributed by atoms with E-state index in [9.17, 15) is 22.8 Å². The standard InChI is InChI=1S/C19H13ClF3NO2/c1-2-12-14(8-11-7-6-10(9-24-11)19(21,22)23)17(25)13-4-3-5-15(20)16(13)18(12)26/h3-7,9H,2,8H2,1H3. The quantitative estimate of drug-likeness (QED) is 0.747. The van der Waals surface area contributed by atoms with Crippen LogP contribution < -0.4 is 0 Å². The highest BCUT2D eigenvalue weighted by Crippen LogP contribution is 2.34. The van der Waals surface area contributed by atoms with Gasteiger partial charge in [0.25, 0.3) is 0 Å². The molecule has 134 valence electrons. The Kier molecular flexibility index (Phi) is 4.71. The van der Waals surface area contributed by atoms with Crippen LogP contribution in [-0.4, -0.2) is 16.6 Å². The Morgan fingerprint density at radius 2 is 1.77 bits per heavy atom. The lowest BCUT2D eigenvalue weighted by Crippen LogP contribution is -2.23. The van der Waals surface area contributed by atoms with Crippen molar-refractivity contribution in [1.82, 2.24) is 4.98 Å². The summed E-state index contributed by atoms with van der Waals surface area (Å²) in [6, 6.07) is 6.77. The van der Waals surface area contributed by atoms with E-state index in [1.807, 2.05) is 0 Å². The Hall–Kier alpha value is -2.47. The molecule has 1 heterocycles. The van der Waals surface area contributed by atoms with Gasteiger partial charge in [-0.2, -0.15) is 13.2 Å². The Bertz CT molecular complexity index is 931. The SMILES string of the molecule is CCC1=C(Cc2ccc(C(F)(F)F)cn2)C(=O)c2cccc(Cl)c2C1=O. The molecular weight excluding hydrogens is 367 g/mol. The summed E-state index contributed by atoms with van der Waals surface area (Å²) in [6.45, 7) is 1.74. The topological polar surface area (TPSA) is 47.0 Å². The molecule has 1 aliphatic carbocycles. The maximum Gasteiger partial charge on any atom is 0.417 e. The molecule has 0 saturated carbocycles. The Morgan fingerprint density at radius 1 is 1.04 bits per heavy atom. The zero-order valence-electron chi connectivity index (χ0n) is 13.7. The number of allylic oxidation sites excluding steroid dienone is 2. The van der Waals surface area contributed by atoms with Crippen molar-refractivity contribution in [3.05, 3.63) is 75.1 Å². The first-order valence-corrected chi connectivity index (χ1v) is 8.24. The second kappa shape index (κ2) is 6.68. The van der Waals surface area contributed by atoms with E-state index in [-0.39, 0.29) is 45.4 Å². The molecule has 3 nitrogen and oxygen atoms in total. The zero-order valence-corrected chi connectivity index (χ0v) is 14.4. The first-order chi connectivity index (χ1) is 12.2. The molecule has 0 aliphatic heterocycles. The van der Waals surface area contributed by atoms with Crippen molar-refractivity contribution < 1.29 is 22.8 Å². The molecule has 0 fully saturated rings. The number of benzene rings is 1. The van der Waals surface area contributed by atoms with E-state index in [4.69, 9.17) is 11.6 Å². The highest BCUT2D eigenvalue weighted by atomic mass is 35.5. The minimum atomic E-state index is -4.48. The van der Waals surface area contributed by atoms with Gasteiger partial charge < -0.3 is 0 Å². The van der Waals surface area contributed by atoms with Gasteiger partial charge in [0, 0.05) is 35.0 Å². The van der Waals surface area contributed by atoms with E-state index < -0.39 is 11.7 Å². The summed E-state index contributed by atoms with van der Waals surface area (Å²) in [6.07, 6.45) is -3.46. The van der Waals surface area contributed by atoms with Crippen LogP contribution in [0.25, 0.3) is 0 Å². The molecule has 2 aromatic rings. The molecule has 0 N–H and O–H groups in total. The van der Waals surface area contributed by atoms with Crippen LogP contribution in [0.5, 0.6) is 0 Å². The van der Waals surface area contributed by atoms with Gasteiger partial charge in [-0.15, -0.1) is 0 Å². The number of hydrogen-bond donors (Lipinski definition) is 0. The maximum atomic E-state index is 12.8. The summed E-state index contributed by atoms with van der Waals surface area (Å²) in [4.78, 5) is 29.4. The van der Waals surface area contributed by atoms with Crippen LogP contribution >= 0.6 is 11.6 Å². The molecule has 0 amide bonds. The van der Waals surface area contributed by atoms with Crippen LogP contribution in [-0.2, 0) is 12.6 Å². The molecule has 7 heteroatoms. The second-order valence-electron chi connectivity index (χ2n) is 5.84. The number of hydrogen-bond acceptors (Lipinski definition) is 3. The molecule has 3 rings (SSSR count). The fourth-order valence-electron chi connectivity index (χ4n) is 2.97. The molecule has 26 heavy (non-hydrogen) atoms. The van der Waals surface area contributed by atoms with Crippen molar-refractivity contribution in [3.8, 4) is 0 Å². The van der Waals surface area contributed by atoms with Crippen molar-refractivity contribution in [2.24, 2.45) is 0 Å². The average Bonchev–Trinajstić information content (AvgIpc) is 2.59. The molecule has 0 spiro atoms. The van der Waals surface area contributed by atoms with Crippen LogP contribution in [0.1, 0.15) is 45.3 Å². The number of aromatic nitrogens is 1. The van der Waals surface area contributed by atoms with Gasteiger partial charge in [-0.3, -0.25) is 14.6 Å². The molecule has 0 unspecified atom stereocenters. The molecule has 0 bridgehead atoms. The number of carbonyl (C=O) groups excluding carboxylic acids is 2. The summed E-state index contributed by atoms with van der Waals surface area (Å²) in [7, 11) is 0. The van der Waals surface area contributed by atoms with E-state index in [0.29, 0.717) is 12.0 Å². The number of alkyl halides is 3. The van der Waals surface area contributed by atoms with Crippen molar-refractivity contribution >= 4 is 23.2 Å². The average molecular weight is 380 g/mol. The van der Waals surface area contributed by atoms with Gasteiger partial charge >= 0.3 is 6.18 Å². The number of halogens is 4. The fraction of sp³-hybridized carbons (Fsp3) is 0.211. The van der Waals surface area contributed by atoms with Crippen molar-refractivity contribution in [3.63, 3.8) is 0 Å². The van der Waals surface area contributed by atoms with Gasteiger partial charge in [-0.1, -0.05) is 30.7 Å².